The third kappa shape index (κ3) is 2.82. The number of H-pyrrole nitrogens is 1. The number of amides is 1. The van der Waals surface area contributed by atoms with E-state index in [1.807, 2.05) is 67.7 Å². The summed E-state index contributed by atoms with van der Waals surface area (Å²) in [5.41, 5.74) is 2.91. The molecule has 1 aromatic heterocycles. The highest BCUT2D eigenvalue weighted by Gasteiger charge is 2.18. The lowest BCUT2D eigenvalue weighted by Gasteiger charge is -2.15. The van der Waals surface area contributed by atoms with Crippen molar-refractivity contribution < 1.29 is 4.79 Å². The van der Waals surface area contributed by atoms with E-state index in [1.165, 1.54) is 0 Å². The summed E-state index contributed by atoms with van der Waals surface area (Å²) in [4.78, 5) is 15.7. The molecule has 1 unspecified atom stereocenters. The number of benzene rings is 2. The molecule has 0 aliphatic heterocycles. The minimum atomic E-state index is -0.120. The van der Waals surface area contributed by atoms with Crippen molar-refractivity contribution in [3.8, 4) is 0 Å². The molecule has 0 spiro atoms. The average molecular weight is 278 g/mol. The number of aromatic amines is 1. The zero-order valence-corrected chi connectivity index (χ0v) is 12.0. The third-order valence-corrected chi connectivity index (χ3v) is 3.75. The first-order valence-electron chi connectivity index (χ1n) is 7.21. The first kappa shape index (κ1) is 13.4. The Kier molecular flexibility index (Phi) is 3.73. The number of rotatable bonds is 4. The summed E-state index contributed by atoms with van der Waals surface area (Å²) in [5.74, 6) is -0.0832. The number of anilines is 1. The smallest absolute Gasteiger partial charge is 0.231 e. The molecule has 0 radical (unpaired) electrons. The fraction of sp³-hybridized carbons (Fsp3) is 0.167. The van der Waals surface area contributed by atoms with Crippen LogP contribution in [0.4, 0.5) is 5.69 Å². The van der Waals surface area contributed by atoms with Crippen molar-refractivity contribution in [3.05, 3.63) is 66.4 Å². The van der Waals surface area contributed by atoms with Crippen molar-refractivity contribution in [3.63, 3.8) is 0 Å². The highest BCUT2D eigenvalue weighted by atomic mass is 16.1. The molecule has 0 saturated heterocycles. The van der Waals surface area contributed by atoms with E-state index in [4.69, 9.17) is 0 Å². The van der Waals surface area contributed by atoms with Crippen LogP contribution in [0.1, 0.15) is 24.8 Å². The average Bonchev–Trinajstić information content (AvgIpc) is 2.96. The lowest BCUT2D eigenvalue weighted by Crippen LogP contribution is -2.20. The van der Waals surface area contributed by atoms with Crippen molar-refractivity contribution in [2.45, 2.75) is 19.3 Å². The van der Waals surface area contributed by atoms with Crippen LogP contribution in [0, 0.1) is 0 Å². The van der Waals surface area contributed by atoms with Gasteiger partial charge in [0.2, 0.25) is 5.91 Å². The van der Waals surface area contributed by atoms with Crippen LogP contribution < -0.4 is 5.32 Å². The minimum Gasteiger partial charge on any atom is -0.361 e. The fourth-order valence-corrected chi connectivity index (χ4v) is 2.61. The van der Waals surface area contributed by atoms with Gasteiger partial charge in [0.1, 0.15) is 0 Å². The van der Waals surface area contributed by atoms with E-state index in [-0.39, 0.29) is 11.8 Å². The lowest BCUT2D eigenvalue weighted by molar-refractivity contribution is -0.117. The number of carbonyl (C=O) groups excluding carboxylic acids is 1. The highest BCUT2D eigenvalue weighted by Crippen LogP contribution is 2.23. The second kappa shape index (κ2) is 5.83. The molecular weight excluding hydrogens is 260 g/mol. The summed E-state index contributed by atoms with van der Waals surface area (Å²) < 4.78 is 0. The Morgan fingerprint density at radius 1 is 1.14 bits per heavy atom. The molecular formula is C18H18N2O. The Hall–Kier alpha value is -2.55. The molecule has 106 valence electrons. The molecule has 1 atom stereocenters. The number of nitrogens with one attached hydrogen (secondary N) is 2. The monoisotopic (exact) mass is 278 g/mol. The van der Waals surface area contributed by atoms with Crippen molar-refractivity contribution in [2.75, 3.05) is 5.32 Å². The van der Waals surface area contributed by atoms with E-state index in [2.05, 4.69) is 10.3 Å². The summed E-state index contributed by atoms with van der Waals surface area (Å²) >= 11 is 0. The first-order chi connectivity index (χ1) is 10.3. The summed E-state index contributed by atoms with van der Waals surface area (Å²) in [7, 11) is 0. The number of aromatic nitrogens is 1. The lowest BCUT2D eigenvalue weighted by atomic mass is 9.95. The van der Waals surface area contributed by atoms with Crippen molar-refractivity contribution in [1.82, 2.24) is 4.98 Å². The normalized spacial score (nSPS) is 12.2. The molecule has 1 amide bonds. The molecule has 0 saturated carbocycles. The Labute approximate surface area is 124 Å². The Balaban J connectivity index is 1.81. The van der Waals surface area contributed by atoms with E-state index >= 15 is 0 Å². The molecule has 1 heterocycles. The van der Waals surface area contributed by atoms with Gasteiger partial charge in [0.15, 0.2) is 0 Å². The van der Waals surface area contributed by atoms with Gasteiger partial charge in [-0.15, -0.1) is 0 Å². The van der Waals surface area contributed by atoms with Crippen LogP contribution in [0.15, 0.2) is 60.8 Å². The second-order valence-corrected chi connectivity index (χ2v) is 5.14. The number of hydrogen-bond acceptors (Lipinski definition) is 1. The van der Waals surface area contributed by atoms with Crippen LogP contribution in [0.3, 0.4) is 0 Å². The van der Waals surface area contributed by atoms with Gasteiger partial charge in [-0.2, -0.15) is 0 Å². The van der Waals surface area contributed by atoms with E-state index in [1.54, 1.807) is 0 Å². The van der Waals surface area contributed by atoms with Crippen LogP contribution in [0.2, 0.25) is 0 Å². The minimum absolute atomic E-state index is 0.0367. The van der Waals surface area contributed by atoms with Gasteiger partial charge in [0.05, 0.1) is 5.92 Å². The van der Waals surface area contributed by atoms with Crippen molar-refractivity contribution in [1.29, 1.82) is 0 Å². The van der Waals surface area contributed by atoms with Crippen LogP contribution in [0.25, 0.3) is 10.9 Å². The molecule has 3 heteroatoms. The van der Waals surface area contributed by atoms with Crippen LogP contribution in [-0.2, 0) is 4.79 Å². The number of fused-ring (bicyclic) bond motifs is 1. The fourth-order valence-electron chi connectivity index (χ4n) is 2.61. The predicted molar refractivity (Wildman–Crippen MR) is 86.4 cm³/mol. The molecule has 3 nitrogen and oxygen atoms in total. The molecule has 21 heavy (non-hydrogen) atoms. The number of carbonyl (C=O) groups is 1. The first-order valence-corrected chi connectivity index (χ1v) is 7.21. The SMILES string of the molecule is CCC(C(=O)Nc1ccc2cc[nH]c2c1)c1ccccc1. The Morgan fingerprint density at radius 2 is 1.95 bits per heavy atom. The maximum atomic E-state index is 12.5. The van der Waals surface area contributed by atoms with Gasteiger partial charge in [-0.25, -0.2) is 0 Å². The quantitative estimate of drug-likeness (QED) is 0.734. The number of hydrogen-bond donors (Lipinski definition) is 2. The van der Waals surface area contributed by atoms with Crippen LogP contribution in [-0.4, -0.2) is 10.9 Å². The maximum Gasteiger partial charge on any atom is 0.231 e. The van der Waals surface area contributed by atoms with Gasteiger partial charge in [0.25, 0.3) is 0 Å². The molecule has 3 rings (SSSR count). The highest BCUT2D eigenvalue weighted by molar-refractivity contribution is 5.97. The molecule has 0 bridgehead atoms. The molecule has 0 aliphatic carbocycles. The Morgan fingerprint density at radius 3 is 2.71 bits per heavy atom. The maximum absolute atomic E-state index is 12.5. The third-order valence-electron chi connectivity index (χ3n) is 3.75. The zero-order chi connectivity index (χ0) is 14.7. The Bertz CT molecular complexity index is 746. The van der Waals surface area contributed by atoms with Crippen molar-refractivity contribution in [2.24, 2.45) is 0 Å². The summed E-state index contributed by atoms with van der Waals surface area (Å²) in [6.07, 6.45) is 2.68. The summed E-state index contributed by atoms with van der Waals surface area (Å²) in [5, 5.41) is 4.16. The van der Waals surface area contributed by atoms with E-state index in [9.17, 15) is 4.79 Å². The molecule has 0 aliphatic rings. The topological polar surface area (TPSA) is 44.9 Å². The van der Waals surface area contributed by atoms with E-state index in [0.29, 0.717) is 0 Å². The zero-order valence-electron chi connectivity index (χ0n) is 12.0. The van der Waals surface area contributed by atoms with Gasteiger partial charge in [-0.05, 0) is 35.6 Å². The summed E-state index contributed by atoms with van der Waals surface area (Å²) in [6, 6.07) is 17.8. The standard InChI is InChI=1S/C18H18N2O/c1-2-16(13-6-4-3-5-7-13)18(21)20-15-9-8-14-10-11-19-17(14)12-15/h3-12,16,19H,2H2,1H3,(H,20,21). The van der Waals surface area contributed by atoms with E-state index in [0.717, 1.165) is 28.6 Å². The largest absolute Gasteiger partial charge is 0.361 e. The molecule has 3 aromatic rings. The van der Waals surface area contributed by atoms with Crippen molar-refractivity contribution >= 4 is 22.5 Å². The molecule has 2 N–H and O–H groups in total. The summed E-state index contributed by atoms with van der Waals surface area (Å²) in [6.45, 7) is 2.03. The molecule has 0 fully saturated rings. The van der Waals surface area contributed by atoms with Gasteiger partial charge in [-0.3, -0.25) is 4.79 Å². The predicted octanol–water partition coefficient (Wildman–Crippen LogP) is 4.30. The van der Waals surface area contributed by atoms with E-state index < -0.39 is 0 Å². The van der Waals surface area contributed by atoms with Crippen LogP contribution >= 0.6 is 0 Å². The van der Waals surface area contributed by atoms with Crippen LogP contribution in [0.5, 0.6) is 0 Å². The molecule has 2 aromatic carbocycles. The second-order valence-electron chi connectivity index (χ2n) is 5.14. The van der Waals surface area contributed by atoms with Gasteiger partial charge in [-0.1, -0.05) is 43.3 Å². The van der Waals surface area contributed by atoms with Gasteiger partial charge >= 0.3 is 0 Å². The van der Waals surface area contributed by atoms with Gasteiger partial charge in [0, 0.05) is 17.4 Å². The van der Waals surface area contributed by atoms with Gasteiger partial charge < -0.3 is 10.3 Å².